The first-order valence-electron chi connectivity index (χ1n) is 6.48. The summed E-state index contributed by atoms with van der Waals surface area (Å²) in [5.41, 5.74) is 0.756. The Morgan fingerprint density at radius 2 is 2.20 bits per heavy atom. The molecule has 2 aromatic rings. The van der Waals surface area contributed by atoms with Crippen LogP contribution in [0.3, 0.4) is 0 Å². The van der Waals surface area contributed by atoms with E-state index >= 15 is 0 Å². The first-order valence-corrected chi connectivity index (χ1v) is 7.92. The number of aromatic nitrogens is 3. The Bertz CT molecular complexity index is 692. The predicted molar refractivity (Wildman–Crippen MR) is 73.2 cm³/mol. The second-order valence-corrected chi connectivity index (χ2v) is 6.84. The summed E-state index contributed by atoms with van der Waals surface area (Å²) in [4.78, 5) is 4.45. The standard InChI is InChI=1S/C13H16N4O2S/c1-16-10-13(8-15-16)20(18,19)17(12-5-6-12)9-11-4-2-3-7-14-11/h2-4,7-8,10,12H,5-6,9H2,1H3. The van der Waals surface area contributed by atoms with Crippen molar-refractivity contribution in [2.45, 2.75) is 30.3 Å². The van der Waals surface area contributed by atoms with Gasteiger partial charge < -0.3 is 0 Å². The molecule has 6 nitrogen and oxygen atoms in total. The van der Waals surface area contributed by atoms with Gasteiger partial charge in [-0.2, -0.15) is 9.40 Å². The molecule has 1 saturated carbocycles. The highest BCUT2D eigenvalue weighted by Crippen LogP contribution is 2.33. The van der Waals surface area contributed by atoms with E-state index in [1.807, 2.05) is 18.2 Å². The van der Waals surface area contributed by atoms with Crippen molar-refractivity contribution in [1.29, 1.82) is 0 Å². The highest BCUT2D eigenvalue weighted by Gasteiger charge is 2.38. The summed E-state index contributed by atoms with van der Waals surface area (Å²) in [5, 5.41) is 3.95. The van der Waals surface area contributed by atoms with E-state index in [0.29, 0.717) is 6.54 Å². The van der Waals surface area contributed by atoms with Crippen LogP contribution >= 0.6 is 0 Å². The van der Waals surface area contributed by atoms with Gasteiger partial charge in [-0.3, -0.25) is 9.67 Å². The average molecular weight is 292 g/mol. The van der Waals surface area contributed by atoms with Crippen molar-refractivity contribution < 1.29 is 8.42 Å². The Morgan fingerprint density at radius 3 is 2.75 bits per heavy atom. The van der Waals surface area contributed by atoms with E-state index in [4.69, 9.17) is 0 Å². The van der Waals surface area contributed by atoms with Crippen LogP contribution in [-0.2, 0) is 23.6 Å². The van der Waals surface area contributed by atoms with E-state index in [1.54, 1.807) is 13.2 Å². The Hall–Kier alpha value is -1.73. The minimum Gasteiger partial charge on any atom is -0.274 e. The number of rotatable bonds is 5. The SMILES string of the molecule is Cn1cc(S(=O)(=O)N(Cc2ccccn2)C2CC2)cn1. The highest BCUT2D eigenvalue weighted by molar-refractivity contribution is 7.89. The lowest BCUT2D eigenvalue weighted by Gasteiger charge is -2.20. The lowest BCUT2D eigenvalue weighted by Crippen LogP contribution is -2.32. The van der Waals surface area contributed by atoms with Crippen molar-refractivity contribution in [3.8, 4) is 0 Å². The summed E-state index contributed by atoms with van der Waals surface area (Å²) in [6.07, 6.45) is 6.42. The lowest BCUT2D eigenvalue weighted by molar-refractivity contribution is 0.394. The molecule has 0 N–H and O–H groups in total. The van der Waals surface area contributed by atoms with Crippen molar-refractivity contribution in [2.24, 2.45) is 7.05 Å². The van der Waals surface area contributed by atoms with Crippen molar-refractivity contribution in [1.82, 2.24) is 19.1 Å². The molecule has 0 saturated heterocycles. The van der Waals surface area contributed by atoms with Crippen molar-refractivity contribution in [2.75, 3.05) is 0 Å². The van der Waals surface area contributed by atoms with Crippen molar-refractivity contribution in [3.05, 3.63) is 42.5 Å². The molecule has 1 aliphatic rings. The van der Waals surface area contributed by atoms with Crippen LogP contribution in [0.15, 0.2) is 41.7 Å². The molecule has 106 valence electrons. The van der Waals surface area contributed by atoms with Crippen LogP contribution < -0.4 is 0 Å². The monoisotopic (exact) mass is 292 g/mol. The van der Waals surface area contributed by atoms with Gasteiger partial charge in [-0.05, 0) is 25.0 Å². The van der Waals surface area contributed by atoms with Crippen LogP contribution in [-0.4, -0.2) is 33.5 Å². The molecule has 2 aromatic heterocycles. The third-order valence-electron chi connectivity index (χ3n) is 3.29. The van der Waals surface area contributed by atoms with Gasteiger partial charge in [0, 0.05) is 25.5 Å². The van der Waals surface area contributed by atoms with Gasteiger partial charge in [-0.1, -0.05) is 6.07 Å². The van der Waals surface area contributed by atoms with Crippen molar-refractivity contribution >= 4 is 10.0 Å². The molecule has 0 aliphatic heterocycles. The summed E-state index contributed by atoms with van der Waals surface area (Å²) in [7, 11) is -1.80. The number of nitrogens with zero attached hydrogens (tertiary/aromatic N) is 4. The molecule has 7 heteroatoms. The van der Waals surface area contributed by atoms with E-state index in [2.05, 4.69) is 10.1 Å². The number of hydrogen-bond donors (Lipinski definition) is 0. The third kappa shape index (κ3) is 2.59. The lowest BCUT2D eigenvalue weighted by atomic mass is 10.3. The number of hydrogen-bond acceptors (Lipinski definition) is 4. The molecule has 1 fully saturated rings. The van der Waals surface area contributed by atoms with Crippen LogP contribution in [0.1, 0.15) is 18.5 Å². The van der Waals surface area contributed by atoms with Gasteiger partial charge >= 0.3 is 0 Å². The first-order chi connectivity index (χ1) is 9.57. The van der Waals surface area contributed by atoms with Crippen molar-refractivity contribution in [3.63, 3.8) is 0 Å². The quantitative estimate of drug-likeness (QED) is 0.829. The maximum Gasteiger partial charge on any atom is 0.246 e. The molecule has 0 spiro atoms. The Morgan fingerprint density at radius 1 is 1.40 bits per heavy atom. The van der Waals surface area contributed by atoms with Gasteiger partial charge in [0.15, 0.2) is 0 Å². The second kappa shape index (κ2) is 4.99. The maximum absolute atomic E-state index is 12.7. The van der Waals surface area contributed by atoms with E-state index in [-0.39, 0.29) is 10.9 Å². The fourth-order valence-electron chi connectivity index (χ4n) is 2.09. The maximum atomic E-state index is 12.7. The molecule has 0 bridgehead atoms. The van der Waals surface area contributed by atoms with Gasteiger partial charge in [-0.25, -0.2) is 8.42 Å². The molecule has 0 aromatic carbocycles. The summed E-state index contributed by atoms with van der Waals surface area (Å²) < 4.78 is 28.4. The zero-order valence-corrected chi connectivity index (χ0v) is 12.0. The normalized spacial score (nSPS) is 15.7. The van der Waals surface area contributed by atoms with Crippen LogP contribution in [0.4, 0.5) is 0 Å². The van der Waals surface area contributed by atoms with Gasteiger partial charge in [-0.15, -0.1) is 0 Å². The molecule has 1 aliphatic carbocycles. The van der Waals surface area contributed by atoms with Crippen LogP contribution in [0.5, 0.6) is 0 Å². The summed E-state index contributed by atoms with van der Waals surface area (Å²) in [6.45, 7) is 0.308. The summed E-state index contributed by atoms with van der Waals surface area (Å²) >= 11 is 0. The number of sulfonamides is 1. The summed E-state index contributed by atoms with van der Waals surface area (Å²) in [6, 6.07) is 5.61. The van der Waals surface area contributed by atoms with E-state index in [1.165, 1.54) is 21.4 Å². The van der Waals surface area contributed by atoms with Gasteiger partial charge in [0.1, 0.15) is 4.90 Å². The third-order valence-corrected chi connectivity index (χ3v) is 5.14. The second-order valence-electron chi connectivity index (χ2n) is 4.95. The largest absolute Gasteiger partial charge is 0.274 e. The zero-order valence-electron chi connectivity index (χ0n) is 11.2. The zero-order chi connectivity index (χ0) is 14.2. The molecule has 20 heavy (non-hydrogen) atoms. The fraction of sp³-hybridized carbons (Fsp3) is 0.385. The minimum atomic E-state index is -3.51. The molecule has 0 radical (unpaired) electrons. The fourth-order valence-corrected chi connectivity index (χ4v) is 3.73. The first kappa shape index (κ1) is 13.3. The number of pyridine rings is 1. The van der Waals surface area contributed by atoms with Gasteiger partial charge in [0.05, 0.1) is 18.4 Å². The Labute approximate surface area is 118 Å². The van der Waals surface area contributed by atoms with Crippen LogP contribution in [0.25, 0.3) is 0 Å². The van der Waals surface area contributed by atoms with Crippen LogP contribution in [0, 0.1) is 0 Å². The average Bonchev–Trinajstić information content (AvgIpc) is 3.17. The van der Waals surface area contributed by atoms with Gasteiger partial charge in [0.25, 0.3) is 0 Å². The molecule has 3 rings (SSSR count). The molecule has 0 atom stereocenters. The minimum absolute atomic E-state index is 0.0854. The van der Waals surface area contributed by atoms with Gasteiger partial charge in [0.2, 0.25) is 10.0 Å². The van der Waals surface area contributed by atoms with E-state index < -0.39 is 10.0 Å². The topological polar surface area (TPSA) is 68.1 Å². The predicted octanol–water partition coefficient (Wildman–Crippen LogP) is 1.17. The van der Waals surface area contributed by atoms with Crippen LogP contribution in [0.2, 0.25) is 0 Å². The Balaban J connectivity index is 1.91. The molecule has 0 amide bonds. The highest BCUT2D eigenvalue weighted by atomic mass is 32.2. The summed E-state index contributed by atoms with van der Waals surface area (Å²) in [5.74, 6) is 0. The molecule has 2 heterocycles. The smallest absolute Gasteiger partial charge is 0.246 e. The molecule has 0 unspecified atom stereocenters. The molecular weight excluding hydrogens is 276 g/mol. The van der Waals surface area contributed by atoms with E-state index in [9.17, 15) is 8.42 Å². The molecular formula is C13H16N4O2S. The van der Waals surface area contributed by atoms with E-state index in [0.717, 1.165) is 18.5 Å². The number of aryl methyl sites for hydroxylation is 1. The Kier molecular flexibility index (Phi) is 3.31.